The van der Waals surface area contributed by atoms with Gasteiger partial charge in [-0.2, -0.15) is 0 Å². The fourth-order valence-electron chi connectivity index (χ4n) is 2.88. The van der Waals surface area contributed by atoms with Crippen LogP contribution in [0, 0.1) is 5.82 Å². The topological polar surface area (TPSA) is 73.8 Å². The SMILES string of the molecule is CCNC(=NCc1ccc(S(=O)(=O)NC2CC2)cc1)N(C)Cc1cccc(F)c1.I. The summed E-state index contributed by atoms with van der Waals surface area (Å²) in [7, 11) is -1.55. The smallest absolute Gasteiger partial charge is 0.240 e. The summed E-state index contributed by atoms with van der Waals surface area (Å²) >= 11 is 0. The van der Waals surface area contributed by atoms with Crippen molar-refractivity contribution < 1.29 is 12.8 Å². The van der Waals surface area contributed by atoms with Crippen molar-refractivity contribution in [2.75, 3.05) is 13.6 Å². The number of guanidine groups is 1. The molecule has 0 amide bonds. The van der Waals surface area contributed by atoms with Crippen molar-refractivity contribution in [3.05, 3.63) is 65.5 Å². The molecule has 1 fully saturated rings. The van der Waals surface area contributed by atoms with Crippen LogP contribution >= 0.6 is 24.0 Å². The Morgan fingerprint density at radius 2 is 1.87 bits per heavy atom. The minimum absolute atomic E-state index is 0. The zero-order chi connectivity index (χ0) is 20.9. The number of benzene rings is 2. The lowest BCUT2D eigenvalue weighted by molar-refractivity contribution is 0.475. The average Bonchev–Trinajstić information content (AvgIpc) is 3.48. The van der Waals surface area contributed by atoms with E-state index in [4.69, 9.17) is 0 Å². The molecule has 2 N–H and O–H groups in total. The van der Waals surface area contributed by atoms with Crippen molar-refractivity contribution in [3.63, 3.8) is 0 Å². The molecule has 9 heteroatoms. The Hall–Kier alpha value is -1.72. The second-order valence-electron chi connectivity index (χ2n) is 7.20. The fourth-order valence-corrected chi connectivity index (χ4v) is 4.19. The molecular formula is C21H28FIN4O2S. The number of aliphatic imine (C=N–C) groups is 1. The van der Waals surface area contributed by atoms with Crippen LogP contribution in [0.1, 0.15) is 30.9 Å². The van der Waals surface area contributed by atoms with Crippen molar-refractivity contribution in [1.82, 2.24) is 14.9 Å². The van der Waals surface area contributed by atoms with E-state index in [1.165, 1.54) is 12.1 Å². The molecular weight excluding hydrogens is 518 g/mol. The number of hydrogen-bond acceptors (Lipinski definition) is 3. The quantitative estimate of drug-likeness (QED) is 0.302. The van der Waals surface area contributed by atoms with Crippen LogP contribution in [0.5, 0.6) is 0 Å². The van der Waals surface area contributed by atoms with Crippen LogP contribution in [0.15, 0.2) is 58.4 Å². The van der Waals surface area contributed by atoms with Crippen LogP contribution in [0.25, 0.3) is 0 Å². The van der Waals surface area contributed by atoms with Crippen molar-refractivity contribution in [1.29, 1.82) is 0 Å². The Morgan fingerprint density at radius 1 is 1.17 bits per heavy atom. The Kier molecular flexibility index (Phi) is 9.05. The van der Waals surface area contributed by atoms with E-state index in [9.17, 15) is 12.8 Å². The molecule has 0 saturated heterocycles. The van der Waals surface area contributed by atoms with Gasteiger partial charge >= 0.3 is 0 Å². The van der Waals surface area contributed by atoms with Crippen LogP contribution < -0.4 is 10.0 Å². The summed E-state index contributed by atoms with van der Waals surface area (Å²) in [5.74, 6) is 0.438. The molecule has 0 heterocycles. The second-order valence-corrected chi connectivity index (χ2v) is 8.91. The summed E-state index contributed by atoms with van der Waals surface area (Å²) in [6.45, 7) is 3.62. The predicted octanol–water partition coefficient (Wildman–Crippen LogP) is 3.48. The van der Waals surface area contributed by atoms with E-state index in [2.05, 4.69) is 15.0 Å². The molecule has 1 aliphatic carbocycles. The van der Waals surface area contributed by atoms with Crippen molar-refractivity contribution in [2.24, 2.45) is 4.99 Å². The highest BCUT2D eigenvalue weighted by molar-refractivity contribution is 14.0. The van der Waals surface area contributed by atoms with Gasteiger partial charge in [-0.25, -0.2) is 22.5 Å². The molecule has 3 rings (SSSR count). The lowest BCUT2D eigenvalue weighted by atomic mass is 10.2. The highest BCUT2D eigenvalue weighted by Gasteiger charge is 2.27. The first-order valence-electron chi connectivity index (χ1n) is 9.72. The molecule has 1 aliphatic rings. The standard InChI is InChI=1S/C21H27FN4O2S.HI/c1-3-23-21(26(2)15-17-5-4-6-18(22)13-17)24-14-16-7-11-20(12-8-16)29(27,28)25-19-9-10-19;/h4-8,11-13,19,25H,3,9-10,14-15H2,1-2H3,(H,23,24);1H. The van der Waals surface area contributed by atoms with Gasteiger partial charge in [-0.15, -0.1) is 24.0 Å². The van der Waals surface area contributed by atoms with Crippen LogP contribution in [-0.2, 0) is 23.1 Å². The maximum Gasteiger partial charge on any atom is 0.240 e. The fraction of sp³-hybridized carbons (Fsp3) is 0.381. The molecule has 164 valence electrons. The summed E-state index contributed by atoms with van der Waals surface area (Å²) in [5.41, 5.74) is 1.76. The molecule has 0 aliphatic heterocycles. The zero-order valence-electron chi connectivity index (χ0n) is 17.1. The van der Waals surface area contributed by atoms with E-state index in [0.717, 1.165) is 24.0 Å². The highest BCUT2D eigenvalue weighted by Crippen LogP contribution is 2.22. The first-order chi connectivity index (χ1) is 13.9. The number of sulfonamides is 1. The first kappa shape index (κ1) is 24.5. The summed E-state index contributed by atoms with van der Waals surface area (Å²) < 4.78 is 40.6. The summed E-state index contributed by atoms with van der Waals surface area (Å²) in [6, 6.07) is 13.4. The van der Waals surface area contributed by atoms with E-state index >= 15 is 0 Å². The Morgan fingerprint density at radius 3 is 2.47 bits per heavy atom. The molecule has 0 bridgehead atoms. The molecule has 0 radical (unpaired) electrons. The lowest BCUT2D eigenvalue weighted by Crippen LogP contribution is -2.38. The molecule has 0 unspecified atom stereocenters. The largest absolute Gasteiger partial charge is 0.357 e. The molecule has 0 aromatic heterocycles. The predicted molar refractivity (Wildman–Crippen MR) is 128 cm³/mol. The average molecular weight is 546 g/mol. The molecule has 6 nitrogen and oxygen atoms in total. The third-order valence-electron chi connectivity index (χ3n) is 4.55. The molecule has 30 heavy (non-hydrogen) atoms. The maximum atomic E-state index is 13.4. The summed E-state index contributed by atoms with van der Waals surface area (Å²) in [4.78, 5) is 6.82. The van der Waals surface area contributed by atoms with E-state index in [-0.39, 0.29) is 40.7 Å². The number of nitrogens with one attached hydrogen (secondary N) is 2. The van der Waals surface area contributed by atoms with Gasteiger partial charge in [0, 0.05) is 26.2 Å². The Bertz CT molecular complexity index is 963. The zero-order valence-corrected chi connectivity index (χ0v) is 20.3. The number of rotatable bonds is 8. The van der Waals surface area contributed by atoms with Gasteiger partial charge in [0.15, 0.2) is 5.96 Å². The highest BCUT2D eigenvalue weighted by atomic mass is 127. The second kappa shape index (κ2) is 11.1. The minimum atomic E-state index is -3.44. The third kappa shape index (κ3) is 7.21. The molecule has 0 spiro atoms. The monoisotopic (exact) mass is 546 g/mol. The summed E-state index contributed by atoms with van der Waals surface area (Å²) in [6.07, 6.45) is 1.81. The van der Waals surface area contributed by atoms with Crippen LogP contribution in [0.4, 0.5) is 4.39 Å². The normalized spacial score (nSPS) is 14.2. The minimum Gasteiger partial charge on any atom is -0.357 e. The van der Waals surface area contributed by atoms with Gasteiger partial charge in [-0.3, -0.25) is 0 Å². The maximum absolute atomic E-state index is 13.4. The third-order valence-corrected chi connectivity index (χ3v) is 6.09. The molecule has 0 atom stereocenters. The molecule has 2 aromatic carbocycles. The van der Waals surface area contributed by atoms with Crippen molar-refractivity contribution in [3.8, 4) is 0 Å². The van der Waals surface area contributed by atoms with E-state index in [0.29, 0.717) is 25.6 Å². The van der Waals surface area contributed by atoms with E-state index in [1.54, 1.807) is 30.3 Å². The first-order valence-corrected chi connectivity index (χ1v) is 11.2. The lowest BCUT2D eigenvalue weighted by Gasteiger charge is -2.22. The van der Waals surface area contributed by atoms with Crippen LogP contribution in [-0.4, -0.2) is 38.9 Å². The van der Waals surface area contributed by atoms with Crippen LogP contribution in [0.2, 0.25) is 0 Å². The van der Waals surface area contributed by atoms with Crippen molar-refractivity contribution >= 4 is 40.0 Å². The van der Waals surface area contributed by atoms with Crippen molar-refractivity contribution in [2.45, 2.75) is 43.8 Å². The van der Waals surface area contributed by atoms with Gasteiger partial charge in [0.2, 0.25) is 10.0 Å². The summed E-state index contributed by atoms with van der Waals surface area (Å²) in [5, 5.41) is 3.23. The Labute approximate surface area is 195 Å². The number of hydrogen-bond donors (Lipinski definition) is 2. The van der Waals surface area contributed by atoms with Crippen LogP contribution in [0.3, 0.4) is 0 Å². The van der Waals surface area contributed by atoms with Gasteiger partial charge in [0.1, 0.15) is 5.82 Å². The van der Waals surface area contributed by atoms with E-state index < -0.39 is 10.0 Å². The molecule has 1 saturated carbocycles. The van der Waals surface area contributed by atoms with Gasteiger partial charge in [-0.05, 0) is 55.2 Å². The Balaban J connectivity index is 0.00000320. The van der Waals surface area contributed by atoms with Gasteiger partial charge in [0.05, 0.1) is 11.4 Å². The van der Waals surface area contributed by atoms with Gasteiger partial charge in [-0.1, -0.05) is 24.3 Å². The van der Waals surface area contributed by atoms with Gasteiger partial charge in [0.25, 0.3) is 0 Å². The number of halogens is 2. The van der Waals surface area contributed by atoms with E-state index in [1.807, 2.05) is 24.9 Å². The van der Waals surface area contributed by atoms with Gasteiger partial charge < -0.3 is 10.2 Å². The molecule has 2 aromatic rings. The number of nitrogens with zero attached hydrogens (tertiary/aromatic N) is 2.